The monoisotopic (exact) mass is 448 g/mol. The van der Waals surface area contributed by atoms with Crippen LogP contribution in [0, 0.1) is 13.8 Å². The average molecular weight is 449 g/mol. The maximum atomic E-state index is 12.4. The van der Waals surface area contributed by atoms with Gasteiger partial charge in [0.2, 0.25) is 4.96 Å². The number of ether oxygens (including phenoxy) is 2. The summed E-state index contributed by atoms with van der Waals surface area (Å²) in [7, 11) is 1.58. The smallest absolute Gasteiger partial charge is 0.250 e. The molecule has 0 spiro atoms. The van der Waals surface area contributed by atoms with Crippen LogP contribution in [-0.4, -0.2) is 34.2 Å². The first-order valence-electron chi connectivity index (χ1n) is 10.2. The fraction of sp³-hybridized carbons (Fsp3) is 0.208. The van der Waals surface area contributed by atoms with Gasteiger partial charge in [-0.15, -0.1) is 16.4 Å². The van der Waals surface area contributed by atoms with Gasteiger partial charge in [0.05, 0.1) is 19.4 Å². The number of benzene rings is 2. The SMILES string of the molecule is CCOc1ccc(/C=C/C(=O)Nc2nc3scc(-c4ccc(C)cc4C)n3n2)cc1OC. The normalized spacial score (nSPS) is 11.2. The fourth-order valence-electron chi connectivity index (χ4n) is 3.41. The summed E-state index contributed by atoms with van der Waals surface area (Å²) in [6.45, 7) is 6.61. The number of carbonyl (C=O) groups is 1. The van der Waals surface area contributed by atoms with Crippen LogP contribution in [0.25, 0.3) is 22.3 Å². The summed E-state index contributed by atoms with van der Waals surface area (Å²) in [4.78, 5) is 17.6. The molecule has 32 heavy (non-hydrogen) atoms. The summed E-state index contributed by atoms with van der Waals surface area (Å²) in [6, 6.07) is 11.8. The molecule has 0 atom stereocenters. The van der Waals surface area contributed by atoms with Crippen molar-refractivity contribution in [2.75, 3.05) is 19.0 Å². The number of nitrogens with one attached hydrogen (secondary N) is 1. The molecule has 1 amide bonds. The molecule has 0 radical (unpaired) electrons. The van der Waals surface area contributed by atoms with E-state index in [1.165, 1.54) is 28.5 Å². The predicted molar refractivity (Wildman–Crippen MR) is 128 cm³/mol. The third kappa shape index (κ3) is 4.50. The van der Waals surface area contributed by atoms with Crippen molar-refractivity contribution in [1.82, 2.24) is 14.6 Å². The number of hydrogen-bond acceptors (Lipinski definition) is 6. The third-order valence-electron chi connectivity index (χ3n) is 4.89. The van der Waals surface area contributed by atoms with Gasteiger partial charge >= 0.3 is 0 Å². The molecule has 0 aliphatic rings. The maximum Gasteiger partial charge on any atom is 0.250 e. The fourth-order valence-corrected chi connectivity index (χ4v) is 4.23. The summed E-state index contributed by atoms with van der Waals surface area (Å²) >= 11 is 1.48. The number of hydrogen-bond donors (Lipinski definition) is 1. The highest BCUT2D eigenvalue weighted by Gasteiger charge is 2.14. The minimum Gasteiger partial charge on any atom is -0.493 e. The van der Waals surface area contributed by atoms with Crippen molar-refractivity contribution in [2.45, 2.75) is 20.8 Å². The Morgan fingerprint density at radius 2 is 2.03 bits per heavy atom. The van der Waals surface area contributed by atoms with E-state index in [1.54, 1.807) is 17.7 Å². The van der Waals surface area contributed by atoms with Crippen molar-refractivity contribution in [3.63, 3.8) is 0 Å². The van der Waals surface area contributed by atoms with E-state index in [9.17, 15) is 4.79 Å². The Balaban J connectivity index is 1.50. The van der Waals surface area contributed by atoms with Crippen LogP contribution in [0.5, 0.6) is 11.5 Å². The molecule has 0 aliphatic heterocycles. The Bertz CT molecular complexity index is 1310. The molecule has 8 heteroatoms. The van der Waals surface area contributed by atoms with Crippen molar-refractivity contribution in [3.8, 4) is 22.8 Å². The Morgan fingerprint density at radius 3 is 2.78 bits per heavy atom. The number of methoxy groups -OCH3 is 1. The zero-order chi connectivity index (χ0) is 22.7. The van der Waals surface area contributed by atoms with Gasteiger partial charge in [0.15, 0.2) is 11.5 Å². The molecular formula is C24H24N4O3S. The Labute approximate surface area is 190 Å². The van der Waals surface area contributed by atoms with Crippen LogP contribution in [0.3, 0.4) is 0 Å². The van der Waals surface area contributed by atoms with E-state index in [0.717, 1.165) is 21.8 Å². The molecule has 0 bridgehead atoms. The Morgan fingerprint density at radius 1 is 1.19 bits per heavy atom. The van der Waals surface area contributed by atoms with E-state index in [0.29, 0.717) is 18.1 Å². The number of aromatic nitrogens is 3. The van der Waals surface area contributed by atoms with E-state index in [4.69, 9.17) is 9.47 Å². The lowest BCUT2D eigenvalue weighted by Gasteiger charge is -2.09. The molecule has 0 saturated heterocycles. The largest absolute Gasteiger partial charge is 0.493 e. The summed E-state index contributed by atoms with van der Waals surface area (Å²) < 4.78 is 12.6. The molecule has 2 aromatic carbocycles. The molecule has 0 unspecified atom stereocenters. The lowest BCUT2D eigenvalue weighted by Crippen LogP contribution is -2.09. The molecule has 0 aliphatic carbocycles. The van der Waals surface area contributed by atoms with Crippen LogP contribution in [0.4, 0.5) is 5.95 Å². The number of aryl methyl sites for hydroxylation is 2. The maximum absolute atomic E-state index is 12.4. The van der Waals surface area contributed by atoms with Crippen LogP contribution < -0.4 is 14.8 Å². The van der Waals surface area contributed by atoms with Gasteiger partial charge in [-0.3, -0.25) is 10.1 Å². The zero-order valence-corrected chi connectivity index (χ0v) is 19.2. The summed E-state index contributed by atoms with van der Waals surface area (Å²) in [6.07, 6.45) is 3.14. The first-order chi connectivity index (χ1) is 15.5. The highest BCUT2D eigenvalue weighted by molar-refractivity contribution is 7.15. The Kier molecular flexibility index (Phi) is 6.23. The van der Waals surface area contributed by atoms with Gasteiger partial charge in [-0.2, -0.15) is 4.98 Å². The minimum atomic E-state index is -0.316. The molecule has 0 fully saturated rings. The molecule has 0 saturated carbocycles. The summed E-state index contributed by atoms with van der Waals surface area (Å²) in [5.74, 6) is 1.23. The predicted octanol–water partition coefficient (Wildman–Crippen LogP) is 5.13. The van der Waals surface area contributed by atoms with Gasteiger partial charge in [-0.1, -0.05) is 29.8 Å². The minimum absolute atomic E-state index is 0.266. The lowest BCUT2D eigenvalue weighted by atomic mass is 10.0. The molecule has 2 aromatic heterocycles. The van der Waals surface area contributed by atoms with Gasteiger partial charge in [0.1, 0.15) is 0 Å². The Hall–Kier alpha value is -3.65. The quantitative estimate of drug-likeness (QED) is 0.397. The van der Waals surface area contributed by atoms with Crippen LogP contribution in [0.2, 0.25) is 0 Å². The first kappa shape index (κ1) is 21.6. The second kappa shape index (κ2) is 9.23. The number of amides is 1. The van der Waals surface area contributed by atoms with Gasteiger partial charge in [0.25, 0.3) is 11.9 Å². The third-order valence-corrected chi connectivity index (χ3v) is 5.71. The summed E-state index contributed by atoms with van der Waals surface area (Å²) in [5, 5.41) is 9.24. The van der Waals surface area contributed by atoms with Gasteiger partial charge in [0, 0.05) is 17.0 Å². The van der Waals surface area contributed by atoms with Crippen LogP contribution >= 0.6 is 11.3 Å². The second-order valence-corrected chi connectivity index (χ2v) is 8.07. The average Bonchev–Trinajstić information content (AvgIpc) is 3.33. The van der Waals surface area contributed by atoms with E-state index >= 15 is 0 Å². The van der Waals surface area contributed by atoms with Gasteiger partial charge in [-0.05, 0) is 50.1 Å². The molecule has 7 nitrogen and oxygen atoms in total. The molecule has 4 rings (SSSR count). The van der Waals surface area contributed by atoms with Crippen LogP contribution in [0.1, 0.15) is 23.6 Å². The lowest BCUT2D eigenvalue weighted by molar-refractivity contribution is -0.111. The number of fused-ring (bicyclic) bond motifs is 1. The van der Waals surface area contributed by atoms with Crippen molar-refractivity contribution in [3.05, 3.63) is 64.5 Å². The molecule has 2 heterocycles. The van der Waals surface area contributed by atoms with E-state index in [1.807, 2.05) is 30.5 Å². The molecule has 4 aromatic rings. The van der Waals surface area contributed by atoms with E-state index < -0.39 is 0 Å². The summed E-state index contributed by atoms with van der Waals surface area (Å²) in [5.41, 5.74) is 5.23. The second-order valence-electron chi connectivity index (χ2n) is 7.23. The van der Waals surface area contributed by atoms with Crippen molar-refractivity contribution < 1.29 is 14.3 Å². The van der Waals surface area contributed by atoms with Gasteiger partial charge < -0.3 is 9.47 Å². The zero-order valence-electron chi connectivity index (χ0n) is 18.4. The van der Waals surface area contributed by atoms with Crippen LogP contribution in [-0.2, 0) is 4.79 Å². The van der Waals surface area contributed by atoms with Crippen molar-refractivity contribution in [2.24, 2.45) is 0 Å². The number of carbonyl (C=O) groups excluding carboxylic acids is 1. The van der Waals surface area contributed by atoms with E-state index in [-0.39, 0.29) is 11.9 Å². The van der Waals surface area contributed by atoms with Crippen molar-refractivity contribution in [1.29, 1.82) is 0 Å². The molecular weight excluding hydrogens is 424 g/mol. The highest BCUT2D eigenvalue weighted by Crippen LogP contribution is 2.30. The van der Waals surface area contributed by atoms with Crippen molar-refractivity contribution >= 4 is 34.2 Å². The molecule has 164 valence electrons. The number of nitrogens with zero attached hydrogens (tertiary/aromatic N) is 3. The number of rotatable bonds is 7. The first-order valence-corrected chi connectivity index (χ1v) is 11.1. The van der Waals surface area contributed by atoms with Crippen LogP contribution in [0.15, 0.2) is 47.9 Å². The van der Waals surface area contributed by atoms with E-state index in [2.05, 4.69) is 47.4 Å². The number of thiazole rings is 1. The standard InChI is InChI=1S/C24H24N4O3S/c1-5-31-20-10-7-17(13-21(20)30-4)8-11-22(29)25-23-26-24-28(27-23)19(14-32-24)18-9-6-15(2)12-16(18)3/h6-14H,5H2,1-4H3,(H,25,27,29)/b11-8+. The topological polar surface area (TPSA) is 77.8 Å². The highest BCUT2D eigenvalue weighted by atomic mass is 32.1. The van der Waals surface area contributed by atoms with Gasteiger partial charge in [-0.25, -0.2) is 4.52 Å². The molecule has 1 N–H and O–H groups in total. The number of anilines is 1.